The maximum atomic E-state index is 13.1. The highest BCUT2D eigenvalue weighted by Crippen LogP contribution is 2.36. The van der Waals surface area contributed by atoms with Gasteiger partial charge in [-0.3, -0.25) is 9.59 Å². The fourth-order valence-corrected chi connectivity index (χ4v) is 3.35. The van der Waals surface area contributed by atoms with Crippen LogP contribution in [0.3, 0.4) is 0 Å². The highest BCUT2D eigenvalue weighted by Gasteiger charge is 2.28. The van der Waals surface area contributed by atoms with Gasteiger partial charge in [-0.1, -0.05) is 6.07 Å². The third kappa shape index (κ3) is 3.16. The Bertz CT molecular complexity index is 944. The molecule has 2 aromatic rings. The van der Waals surface area contributed by atoms with E-state index in [2.05, 4.69) is 16.4 Å². The average Bonchev–Trinajstić information content (AvgIpc) is 2.62. The summed E-state index contributed by atoms with van der Waals surface area (Å²) in [4.78, 5) is 30.6. The van der Waals surface area contributed by atoms with Crippen LogP contribution in [0.1, 0.15) is 46.2 Å². The lowest BCUT2D eigenvalue weighted by molar-refractivity contribution is -0.114. The molecule has 6 nitrogen and oxygen atoms in total. The fraction of sp³-hybridized carbons (Fsp3) is 0.300. The van der Waals surface area contributed by atoms with Crippen LogP contribution in [0.2, 0.25) is 0 Å². The fourth-order valence-electron chi connectivity index (χ4n) is 3.35. The minimum absolute atomic E-state index is 0.135. The Morgan fingerprint density at radius 2 is 2.00 bits per heavy atom. The normalized spacial score (nSPS) is 12.9. The lowest BCUT2D eigenvalue weighted by atomic mass is 9.95. The van der Waals surface area contributed by atoms with Crippen molar-refractivity contribution in [1.82, 2.24) is 4.98 Å². The molecule has 0 saturated carbocycles. The van der Waals surface area contributed by atoms with Crippen LogP contribution in [-0.4, -0.2) is 23.3 Å². The van der Waals surface area contributed by atoms with E-state index in [-0.39, 0.29) is 11.8 Å². The number of nitrogens with zero attached hydrogens (tertiary/aromatic N) is 3. The number of aromatic nitrogens is 1. The molecule has 2 heterocycles. The summed E-state index contributed by atoms with van der Waals surface area (Å²) < 4.78 is 0. The number of nitrogens with one attached hydrogen (secondary N) is 1. The number of carbonyl (C=O) groups excluding carboxylic acids is 2. The quantitative estimate of drug-likeness (QED) is 0.903. The molecule has 6 heteroatoms. The van der Waals surface area contributed by atoms with Gasteiger partial charge in [-0.2, -0.15) is 5.26 Å². The van der Waals surface area contributed by atoms with Crippen LogP contribution < -0.4 is 10.2 Å². The minimum atomic E-state index is -0.193. The number of rotatable bonds is 2. The topological polar surface area (TPSA) is 86.1 Å². The average molecular weight is 348 g/mol. The number of nitriles is 1. The molecule has 0 aliphatic carbocycles. The Hall–Kier alpha value is -3.20. The van der Waals surface area contributed by atoms with Crippen LogP contribution in [-0.2, 0) is 11.2 Å². The molecule has 1 aliphatic rings. The zero-order chi connectivity index (χ0) is 18.8. The van der Waals surface area contributed by atoms with Crippen molar-refractivity contribution in [2.75, 3.05) is 16.8 Å². The summed E-state index contributed by atoms with van der Waals surface area (Å²) in [5.41, 5.74) is 4.87. The van der Waals surface area contributed by atoms with E-state index in [0.29, 0.717) is 23.5 Å². The molecule has 1 aromatic carbocycles. The third-order valence-corrected chi connectivity index (χ3v) is 4.54. The number of carbonyl (C=O) groups is 2. The zero-order valence-corrected chi connectivity index (χ0v) is 15.1. The van der Waals surface area contributed by atoms with Crippen LogP contribution in [0.15, 0.2) is 24.3 Å². The molecule has 0 bridgehead atoms. The molecule has 2 amide bonds. The van der Waals surface area contributed by atoms with Crippen molar-refractivity contribution in [2.24, 2.45) is 0 Å². The number of pyridine rings is 1. The predicted octanol–water partition coefficient (Wildman–Crippen LogP) is 3.12. The Morgan fingerprint density at radius 1 is 1.23 bits per heavy atom. The first kappa shape index (κ1) is 17.6. The van der Waals surface area contributed by atoms with Crippen LogP contribution in [0.5, 0.6) is 0 Å². The van der Waals surface area contributed by atoms with E-state index in [4.69, 9.17) is 5.26 Å². The van der Waals surface area contributed by atoms with Crippen LogP contribution >= 0.6 is 0 Å². The first-order valence-corrected chi connectivity index (χ1v) is 8.52. The van der Waals surface area contributed by atoms with Gasteiger partial charge in [-0.05, 0) is 56.0 Å². The SMILES string of the molecule is CC(=O)Nc1ccc(C)c2c1CCCN2C(=O)c1ccc(C#N)c(C)n1. The van der Waals surface area contributed by atoms with Crippen molar-refractivity contribution >= 4 is 23.2 Å². The maximum absolute atomic E-state index is 13.1. The molecule has 1 N–H and O–H groups in total. The van der Waals surface area contributed by atoms with Gasteiger partial charge < -0.3 is 10.2 Å². The minimum Gasteiger partial charge on any atom is -0.326 e. The maximum Gasteiger partial charge on any atom is 0.276 e. The van der Waals surface area contributed by atoms with Gasteiger partial charge >= 0.3 is 0 Å². The Labute approximate surface area is 152 Å². The van der Waals surface area contributed by atoms with E-state index < -0.39 is 0 Å². The number of fused-ring (bicyclic) bond motifs is 1. The Balaban J connectivity index is 2.04. The van der Waals surface area contributed by atoms with Crippen molar-refractivity contribution in [3.63, 3.8) is 0 Å². The number of anilines is 2. The number of amides is 2. The summed E-state index contributed by atoms with van der Waals surface area (Å²) in [6.45, 7) is 5.75. The summed E-state index contributed by atoms with van der Waals surface area (Å²) in [6.07, 6.45) is 1.61. The summed E-state index contributed by atoms with van der Waals surface area (Å²) in [6, 6.07) is 9.07. The molecule has 3 rings (SSSR count). The number of hydrogen-bond donors (Lipinski definition) is 1. The lowest BCUT2D eigenvalue weighted by Crippen LogP contribution is -2.37. The molecule has 26 heavy (non-hydrogen) atoms. The van der Waals surface area contributed by atoms with Crippen molar-refractivity contribution in [2.45, 2.75) is 33.6 Å². The van der Waals surface area contributed by atoms with Crippen molar-refractivity contribution in [3.05, 3.63) is 52.3 Å². The Morgan fingerprint density at radius 3 is 2.65 bits per heavy atom. The second-order valence-corrected chi connectivity index (χ2v) is 6.44. The van der Waals surface area contributed by atoms with Gasteiger partial charge in [0.1, 0.15) is 11.8 Å². The van der Waals surface area contributed by atoms with E-state index in [0.717, 1.165) is 35.3 Å². The molecule has 0 spiro atoms. The summed E-state index contributed by atoms with van der Waals surface area (Å²) in [5.74, 6) is -0.328. The van der Waals surface area contributed by atoms with Crippen molar-refractivity contribution in [1.29, 1.82) is 5.26 Å². The summed E-state index contributed by atoms with van der Waals surface area (Å²) >= 11 is 0. The number of aryl methyl sites for hydroxylation is 2. The van der Waals surface area contributed by atoms with Crippen molar-refractivity contribution < 1.29 is 9.59 Å². The van der Waals surface area contributed by atoms with Gasteiger partial charge in [0.05, 0.1) is 16.9 Å². The van der Waals surface area contributed by atoms with Gasteiger partial charge in [0.2, 0.25) is 5.91 Å². The second-order valence-electron chi connectivity index (χ2n) is 6.44. The standard InChI is InChI=1S/C20H20N4O2/c1-12-6-8-17(23-14(3)25)16-5-4-10-24(19(12)16)20(26)18-9-7-15(11-21)13(2)22-18/h6-9H,4-5,10H2,1-3H3,(H,23,25). The zero-order valence-electron chi connectivity index (χ0n) is 15.1. The highest BCUT2D eigenvalue weighted by molar-refractivity contribution is 6.07. The molecule has 132 valence electrons. The van der Waals surface area contributed by atoms with Gasteiger partial charge in [-0.15, -0.1) is 0 Å². The van der Waals surface area contributed by atoms with Gasteiger partial charge in [0.15, 0.2) is 0 Å². The predicted molar refractivity (Wildman–Crippen MR) is 99.2 cm³/mol. The summed E-state index contributed by atoms with van der Waals surface area (Å²) in [7, 11) is 0. The molecule has 1 aromatic heterocycles. The molecule has 0 fully saturated rings. The van der Waals surface area contributed by atoms with E-state index in [1.54, 1.807) is 24.0 Å². The van der Waals surface area contributed by atoms with Gasteiger partial charge in [0.25, 0.3) is 5.91 Å². The van der Waals surface area contributed by atoms with E-state index >= 15 is 0 Å². The summed E-state index contributed by atoms with van der Waals surface area (Å²) in [5, 5.41) is 11.9. The molecule has 0 atom stereocenters. The number of benzene rings is 1. The molecular formula is C20H20N4O2. The monoisotopic (exact) mass is 348 g/mol. The van der Waals surface area contributed by atoms with Gasteiger partial charge in [0, 0.05) is 19.2 Å². The van der Waals surface area contributed by atoms with Crippen LogP contribution in [0.4, 0.5) is 11.4 Å². The molecule has 0 unspecified atom stereocenters. The van der Waals surface area contributed by atoms with Gasteiger partial charge in [-0.25, -0.2) is 4.98 Å². The van der Waals surface area contributed by atoms with Crippen LogP contribution in [0.25, 0.3) is 0 Å². The van der Waals surface area contributed by atoms with E-state index in [1.165, 1.54) is 6.92 Å². The number of hydrogen-bond acceptors (Lipinski definition) is 4. The van der Waals surface area contributed by atoms with Crippen molar-refractivity contribution in [3.8, 4) is 6.07 Å². The largest absolute Gasteiger partial charge is 0.326 e. The lowest BCUT2D eigenvalue weighted by Gasteiger charge is -2.32. The second kappa shape index (κ2) is 6.96. The molecule has 1 aliphatic heterocycles. The van der Waals surface area contributed by atoms with Crippen LogP contribution in [0, 0.1) is 25.2 Å². The van der Waals surface area contributed by atoms with E-state index in [1.807, 2.05) is 19.1 Å². The Kier molecular flexibility index (Phi) is 4.72. The third-order valence-electron chi connectivity index (χ3n) is 4.54. The molecule has 0 saturated heterocycles. The molecule has 0 radical (unpaired) electrons. The van der Waals surface area contributed by atoms with E-state index in [9.17, 15) is 9.59 Å². The molecular weight excluding hydrogens is 328 g/mol. The highest BCUT2D eigenvalue weighted by atomic mass is 16.2. The first-order valence-electron chi connectivity index (χ1n) is 8.52. The first-order chi connectivity index (χ1) is 12.4. The smallest absolute Gasteiger partial charge is 0.276 e.